The molecule has 0 spiro atoms. The van der Waals surface area contributed by atoms with Crippen LogP contribution in [0.15, 0.2) is 223 Å². The molecular weight excluding hydrogens is 717 g/mol. The Labute approximate surface area is 342 Å². The zero-order valence-corrected chi connectivity index (χ0v) is 32.1. The van der Waals surface area contributed by atoms with Crippen molar-refractivity contribution in [1.29, 1.82) is 0 Å². The summed E-state index contributed by atoms with van der Waals surface area (Å²) in [5, 5.41) is 4.55. The minimum Gasteiger partial charge on any atom is -0.456 e. The van der Waals surface area contributed by atoms with E-state index in [1.54, 1.807) is 0 Å². The second kappa shape index (κ2) is 14.6. The average molecular weight is 753 g/mol. The zero-order valence-electron chi connectivity index (χ0n) is 32.1. The monoisotopic (exact) mass is 752 g/mol. The molecule has 59 heavy (non-hydrogen) atoms. The molecule has 0 fully saturated rings. The maximum atomic E-state index is 6.36. The van der Waals surface area contributed by atoms with Crippen molar-refractivity contribution < 1.29 is 4.42 Å². The van der Waals surface area contributed by atoms with Crippen LogP contribution < -0.4 is 0 Å². The molecule has 0 N–H and O–H groups in total. The van der Waals surface area contributed by atoms with Crippen LogP contribution in [0.4, 0.5) is 0 Å². The summed E-state index contributed by atoms with van der Waals surface area (Å²) in [4.78, 5) is 10.4. The molecule has 0 saturated carbocycles. The molecule has 0 atom stereocenters. The lowest BCUT2D eigenvalue weighted by Crippen LogP contribution is -1.96. The highest BCUT2D eigenvalue weighted by molar-refractivity contribution is 6.19. The van der Waals surface area contributed by atoms with Gasteiger partial charge in [-0.15, -0.1) is 0 Å². The molecule has 0 radical (unpaired) electrons. The molecule has 276 valence electrons. The minimum atomic E-state index is 0.678. The van der Waals surface area contributed by atoms with E-state index in [-0.39, 0.29) is 0 Å². The summed E-state index contributed by atoms with van der Waals surface area (Å²) in [6.07, 6.45) is 0. The molecule has 0 aliphatic rings. The molecular formula is C56H36N2O. The lowest BCUT2D eigenvalue weighted by molar-refractivity contribution is 0.669. The van der Waals surface area contributed by atoms with Crippen LogP contribution in [-0.2, 0) is 0 Å². The van der Waals surface area contributed by atoms with Crippen molar-refractivity contribution >= 4 is 32.7 Å². The van der Waals surface area contributed by atoms with Gasteiger partial charge >= 0.3 is 0 Å². The highest BCUT2D eigenvalue weighted by atomic mass is 16.3. The summed E-state index contributed by atoms with van der Waals surface area (Å²) in [6.45, 7) is 0. The van der Waals surface area contributed by atoms with E-state index in [9.17, 15) is 0 Å². The quantitative estimate of drug-likeness (QED) is 0.163. The van der Waals surface area contributed by atoms with Crippen molar-refractivity contribution in [3.05, 3.63) is 218 Å². The Morgan fingerprint density at radius 3 is 1.46 bits per heavy atom. The van der Waals surface area contributed by atoms with Crippen LogP contribution in [0.3, 0.4) is 0 Å². The molecule has 9 aromatic carbocycles. The van der Waals surface area contributed by atoms with Crippen molar-refractivity contribution in [2.75, 3.05) is 0 Å². The summed E-state index contributed by atoms with van der Waals surface area (Å²) in [6, 6.07) is 77.0. The molecule has 2 aromatic heterocycles. The first-order valence-corrected chi connectivity index (χ1v) is 20.0. The van der Waals surface area contributed by atoms with Gasteiger partial charge in [0.05, 0.1) is 11.4 Å². The van der Waals surface area contributed by atoms with Gasteiger partial charge in [-0.05, 0) is 91.7 Å². The summed E-state index contributed by atoms with van der Waals surface area (Å²) in [5.74, 6) is 0.678. The topological polar surface area (TPSA) is 38.9 Å². The largest absolute Gasteiger partial charge is 0.456 e. The maximum absolute atomic E-state index is 6.36. The SMILES string of the molecule is c1ccc(-c2nc(-c3cccc(-c4ccccc4-c4ccccc4-c4ccccc4-c4ccccc4)c3)cc(-c3ccc4oc5ccc6ccccc6c5c4c3)n2)cc1. The number of furan rings is 1. The van der Waals surface area contributed by atoms with Gasteiger partial charge in [0.25, 0.3) is 0 Å². The van der Waals surface area contributed by atoms with Crippen LogP contribution in [-0.4, -0.2) is 9.97 Å². The van der Waals surface area contributed by atoms with E-state index in [4.69, 9.17) is 14.4 Å². The predicted octanol–water partition coefficient (Wildman–Crippen LogP) is 15.2. The highest BCUT2D eigenvalue weighted by Crippen LogP contribution is 2.42. The first-order chi connectivity index (χ1) is 29.2. The average Bonchev–Trinajstić information content (AvgIpc) is 3.71. The highest BCUT2D eigenvalue weighted by Gasteiger charge is 2.18. The third-order valence-electron chi connectivity index (χ3n) is 11.3. The Morgan fingerprint density at radius 1 is 0.288 bits per heavy atom. The summed E-state index contributed by atoms with van der Waals surface area (Å²) >= 11 is 0. The molecule has 2 heterocycles. The van der Waals surface area contributed by atoms with E-state index in [1.807, 2.05) is 18.2 Å². The Hall–Kier alpha value is -7.88. The number of rotatable bonds is 7. The maximum Gasteiger partial charge on any atom is 0.160 e. The molecule has 0 amide bonds. The third-order valence-corrected chi connectivity index (χ3v) is 11.3. The van der Waals surface area contributed by atoms with Crippen LogP contribution in [0.2, 0.25) is 0 Å². The van der Waals surface area contributed by atoms with Gasteiger partial charge in [-0.2, -0.15) is 0 Å². The van der Waals surface area contributed by atoms with E-state index in [0.29, 0.717) is 5.82 Å². The fourth-order valence-electron chi connectivity index (χ4n) is 8.52. The molecule has 0 aliphatic heterocycles. The van der Waals surface area contributed by atoms with Crippen LogP contribution in [0, 0.1) is 0 Å². The van der Waals surface area contributed by atoms with Gasteiger partial charge in [0.1, 0.15) is 11.2 Å². The first kappa shape index (κ1) is 34.4. The van der Waals surface area contributed by atoms with E-state index >= 15 is 0 Å². The van der Waals surface area contributed by atoms with Crippen molar-refractivity contribution in [3.8, 4) is 78.4 Å². The molecule has 0 aliphatic carbocycles. The lowest BCUT2D eigenvalue weighted by atomic mass is 9.86. The van der Waals surface area contributed by atoms with Crippen molar-refractivity contribution in [2.24, 2.45) is 0 Å². The van der Waals surface area contributed by atoms with E-state index in [1.165, 1.54) is 44.2 Å². The van der Waals surface area contributed by atoms with E-state index in [0.717, 1.165) is 61.1 Å². The van der Waals surface area contributed by atoms with Crippen molar-refractivity contribution in [2.45, 2.75) is 0 Å². The number of hydrogen-bond acceptors (Lipinski definition) is 3. The Bertz CT molecular complexity index is 3330. The molecule has 11 aromatic rings. The third kappa shape index (κ3) is 6.26. The molecule has 0 unspecified atom stereocenters. The lowest BCUT2D eigenvalue weighted by Gasteiger charge is -2.17. The smallest absolute Gasteiger partial charge is 0.160 e. The normalized spacial score (nSPS) is 11.4. The number of hydrogen-bond donors (Lipinski definition) is 0. The van der Waals surface area contributed by atoms with Gasteiger partial charge in [0.2, 0.25) is 0 Å². The number of nitrogens with zero attached hydrogens (tertiary/aromatic N) is 2. The van der Waals surface area contributed by atoms with Gasteiger partial charge in [0, 0.05) is 27.5 Å². The Morgan fingerprint density at radius 2 is 0.780 bits per heavy atom. The van der Waals surface area contributed by atoms with Crippen LogP contribution >= 0.6 is 0 Å². The summed E-state index contributed by atoms with van der Waals surface area (Å²) in [7, 11) is 0. The van der Waals surface area contributed by atoms with E-state index < -0.39 is 0 Å². The second-order valence-corrected chi connectivity index (χ2v) is 14.9. The molecule has 11 rings (SSSR count). The van der Waals surface area contributed by atoms with E-state index in [2.05, 4.69) is 200 Å². The predicted molar refractivity (Wildman–Crippen MR) is 245 cm³/mol. The number of aromatic nitrogens is 2. The number of fused-ring (bicyclic) bond motifs is 5. The first-order valence-electron chi connectivity index (χ1n) is 20.0. The van der Waals surface area contributed by atoms with Crippen molar-refractivity contribution in [3.63, 3.8) is 0 Å². The Kier molecular flexibility index (Phi) is 8.49. The minimum absolute atomic E-state index is 0.678. The fraction of sp³-hybridized carbons (Fsp3) is 0. The molecule has 3 nitrogen and oxygen atoms in total. The van der Waals surface area contributed by atoms with Crippen LogP contribution in [0.5, 0.6) is 0 Å². The summed E-state index contributed by atoms with van der Waals surface area (Å²) in [5.41, 5.74) is 15.8. The molecule has 3 heteroatoms. The van der Waals surface area contributed by atoms with Gasteiger partial charge in [-0.25, -0.2) is 9.97 Å². The van der Waals surface area contributed by atoms with Crippen LogP contribution in [0.25, 0.3) is 111 Å². The molecule has 0 bridgehead atoms. The van der Waals surface area contributed by atoms with Crippen LogP contribution in [0.1, 0.15) is 0 Å². The van der Waals surface area contributed by atoms with Gasteiger partial charge in [-0.3, -0.25) is 0 Å². The summed E-state index contributed by atoms with van der Waals surface area (Å²) < 4.78 is 6.36. The second-order valence-electron chi connectivity index (χ2n) is 14.9. The van der Waals surface area contributed by atoms with Crippen molar-refractivity contribution in [1.82, 2.24) is 9.97 Å². The molecule has 0 saturated heterocycles. The van der Waals surface area contributed by atoms with Gasteiger partial charge in [0.15, 0.2) is 5.82 Å². The zero-order chi connectivity index (χ0) is 39.1. The Balaban J connectivity index is 1.05. The fourth-order valence-corrected chi connectivity index (χ4v) is 8.52. The number of benzene rings is 9. The van der Waals surface area contributed by atoms with Gasteiger partial charge < -0.3 is 4.42 Å². The van der Waals surface area contributed by atoms with Gasteiger partial charge in [-0.1, -0.05) is 182 Å². The standard InChI is InChI=1S/C56H36N2O/c1-3-16-37(17-4-1)43-23-9-11-26-46(43)48-28-13-14-29-49(48)47-27-12-10-24-44(47)40-21-15-22-41(34-40)51-36-52(58-56(57-51)39-19-5-2-6-20-39)42-31-32-53-50(35-42)55-45-25-8-7-18-38(45)30-33-54(55)59-53/h1-36H.